The predicted molar refractivity (Wildman–Crippen MR) is 76.6 cm³/mol. The number of fused-ring (bicyclic) bond motifs is 3. The Morgan fingerprint density at radius 1 is 1.30 bits per heavy atom. The highest BCUT2D eigenvalue weighted by atomic mass is 15.3. The molecule has 2 atom stereocenters. The van der Waals surface area contributed by atoms with Gasteiger partial charge in [0.2, 0.25) is 0 Å². The Hall–Kier alpha value is -1.95. The average molecular weight is 270 g/mol. The van der Waals surface area contributed by atoms with Gasteiger partial charge >= 0.3 is 0 Å². The molecule has 0 bridgehead atoms. The Balaban J connectivity index is 1.93. The maximum absolute atomic E-state index is 4.46. The van der Waals surface area contributed by atoms with Gasteiger partial charge in [-0.05, 0) is 24.4 Å². The van der Waals surface area contributed by atoms with Gasteiger partial charge in [-0.3, -0.25) is 4.40 Å². The van der Waals surface area contributed by atoms with Crippen LogP contribution in [0.3, 0.4) is 0 Å². The lowest BCUT2D eigenvalue weighted by Gasteiger charge is -2.20. The van der Waals surface area contributed by atoms with E-state index < -0.39 is 0 Å². The maximum atomic E-state index is 4.46. The van der Waals surface area contributed by atoms with Crippen molar-refractivity contribution in [2.45, 2.75) is 19.8 Å². The third-order valence-corrected chi connectivity index (χ3v) is 4.42. The third-order valence-electron chi connectivity index (χ3n) is 4.42. The number of nitrogens with one attached hydrogen (secondary N) is 2. The molecule has 104 valence electrons. The van der Waals surface area contributed by atoms with E-state index in [2.05, 4.69) is 43.7 Å². The highest BCUT2D eigenvalue weighted by Gasteiger charge is 2.34. The molecule has 1 saturated heterocycles. The van der Waals surface area contributed by atoms with Crippen LogP contribution in [-0.2, 0) is 0 Å². The summed E-state index contributed by atoms with van der Waals surface area (Å²) >= 11 is 0. The largest absolute Gasteiger partial charge is 0.345 e. The molecule has 0 amide bonds. The van der Waals surface area contributed by atoms with E-state index in [0.717, 1.165) is 35.7 Å². The van der Waals surface area contributed by atoms with Crippen molar-refractivity contribution in [3.63, 3.8) is 0 Å². The van der Waals surface area contributed by atoms with Crippen LogP contribution >= 0.6 is 0 Å². The molecule has 3 aromatic rings. The zero-order chi connectivity index (χ0) is 13.7. The van der Waals surface area contributed by atoms with E-state index in [1.165, 1.54) is 0 Å². The number of aromatic amines is 1. The fourth-order valence-corrected chi connectivity index (χ4v) is 3.32. The highest BCUT2D eigenvalue weighted by molar-refractivity contribution is 5.74. The molecule has 0 unspecified atom stereocenters. The molecule has 20 heavy (non-hydrogen) atoms. The summed E-state index contributed by atoms with van der Waals surface area (Å²) in [5.41, 5.74) is 2.75. The molecule has 4 rings (SSSR count). The van der Waals surface area contributed by atoms with Gasteiger partial charge in [0.05, 0.1) is 11.7 Å². The Labute approximate surface area is 116 Å². The number of nitrogens with zero attached hydrogens (tertiary/aromatic N) is 4. The Bertz CT molecular complexity index is 755. The lowest BCUT2D eigenvalue weighted by atomic mass is 9.85. The number of hydrogen-bond acceptors (Lipinski definition) is 4. The first kappa shape index (κ1) is 11.8. The minimum Gasteiger partial charge on any atom is -0.345 e. The van der Waals surface area contributed by atoms with Gasteiger partial charge in [0.1, 0.15) is 5.82 Å². The van der Waals surface area contributed by atoms with Crippen molar-refractivity contribution in [2.75, 3.05) is 13.1 Å². The van der Waals surface area contributed by atoms with Crippen LogP contribution in [0.1, 0.15) is 25.6 Å². The van der Waals surface area contributed by atoms with Crippen LogP contribution in [0.15, 0.2) is 18.5 Å². The summed E-state index contributed by atoms with van der Waals surface area (Å²) in [6.45, 7) is 6.58. The van der Waals surface area contributed by atoms with Crippen LogP contribution in [-0.4, -0.2) is 37.7 Å². The molecule has 6 heteroatoms. The molecular weight excluding hydrogens is 252 g/mol. The zero-order valence-corrected chi connectivity index (χ0v) is 11.7. The van der Waals surface area contributed by atoms with Crippen LogP contribution in [0.2, 0.25) is 0 Å². The first-order valence-corrected chi connectivity index (χ1v) is 7.13. The van der Waals surface area contributed by atoms with E-state index in [0.29, 0.717) is 17.8 Å². The van der Waals surface area contributed by atoms with Crippen LogP contribution in [0.25, 0.3) is 16.8 Å². The van der Waals surface area contributed by atoms with Gasteiger partial charge in [-0.1, -0.05) is 13.8 Å². The van der Waals surface area contributed by atoms with Gasteiger partial charge in [-0.2, -0.15) is 0 Å². The van der Waals surface area contributed by atoms with E-state index >= 15 is 0 Å². The Kier molecular flexibility index (Phi) is 2.53. The van der Waals surface area contributed by atoms with E-state index in [9.17, 15) is 0 Å². The molecule has 4 heterocycles. The molecule has 0 radical (unpaired) electrons. The van der Waals surface area contributed by atoms with Crippen molar-refractivity contribution in [3.05, 3.63) is 24.3 Å². The molecule has 2 N–H and O–H groups in total. The van der Waals surface area contributed by atoms with Gasteiger partial charge in [0.25, 0.3) is 0 Å². The quantitative estimate of drug-likeness (QED) is 0.741. The Morgan fingerprint density at radius 3 is 3.05 bits per heavy atom. The van der Waals surface area contributed by atoms with E-state index in [-0.39, 0.29) is 0 Å². The average Bonchev–Trinajstić information content (AvgIpc) is 3.15. The first-order valence-electron chi connectivity index (χ1n) is 7.13. The van der Waals surface area contributed by atoms with Crippen LogP contribution in [0.5, 0.6) is 0 Å². The van der Waals surface area contributed by atoms with Crippen molar-refractivity contribution in [3.8, 4) is 0 Å². The lowest BCUT2D eigenvalue weighted by molar-refractivity contribution is 0.371. The summed E-state index contributed by atoms with van der Waals surface area (Å²) in [6, 6.07) is 2.04. The number of aromatic nitrogens is 5. The maximum Gasteiger partial charge on any atom is 0.179 e. The van der Waals surface area contributed by atoms with Gasteiger partial charge in [-0.25, -0.2) is 4.98 Å². The SMILES string of the molecule is CC(C)[C@@H]1CNC[C@@H]1c1nnc2cnc3[nH]ccc3n12. The van der Waals surface area contributed by atoms with Crippen molar-refractivity contribution >= 4 is 16.8 Å². The molecule has 0 aromatic carbocycles. The topological polar surface area (TPSA) is 70.9 Å². The third kappa shape index (κ3) is 1.57. The normalized spacial score (nSPS) is 23.4. The monoisotopic (exact) mass is 270 g/mol. The van der Waals surface area contributed by atoms with Crippen molar-refractivity contribution in [2.24, 2.45) is 11.8 Å². The smallest absolute Gasteiger partial charge is 0.179 e. The number of rotatable bonds is 2. The van der Waals surface area contributed by atoms with Crippen molar-refractivity contribution in [1.29, 1.82) is 0 Å². The molecule has 1 aliphatic rings. The summed E-state index contributed by atoms with van der Waals surface area (Å²) < 4.78 is 2.14. The highest BCUT2D eigenvalue weighted by Crippen LogP contribution is 2.33. The summed E-state index contributed by atoms with van der Waals surface area (Å²) in [5, 5.41) is 12.2. The first-order chi connectivity index (χ1) is 9.75. The molecule has 0 aliphatic carbocycles. The predicted octanol–water partition coefficient (Wildman–Crippen LogP) is 1.56. The molecule has 1 aliphatic heterocycles. The Morgan fingerprint density at radius 2 is 2.20 bits per heavy atom. The summed E-state index contributed by atoms with van der Waals surface area (Å²) in [6.07, 6.45) is 3.69. The van der Waals surface area contributed by atoms with E-state index in [4.69, 9.17) is 0 Å². The molecule has 1 fully saturated rings. The van der Waals surface area contributed by atoms with Gasteiger partial charge in [-0.15, -0.1) is 10.2 Å². The molecule has 0 saturated carbocycles. The zero-order valence-electron chi connectivity index (χ0n) is 11.7. The second-order valence-corrected chi connectivity index (χ2v) is 5.89. The fraction of sp³-hybridized carbons (Fsp3) is 0.500. The van der Waals surface area contributed by atoms with E-state index in [1.54, 1.807) is 6.20 Å². The number of hydrogen-bond donors (Lipinski definition) is 2. The van der Waals surface area contributed by atoms with Crippen molar-refractivity contribution < 1.29 is 0 Å². The van der Waals surface area contributed by atoms with Crippen LogP contribution < -0.4 is 5.32 Å². The molecular formula is C14H18N6. The van der Waals surface area contributed by atoms with Gasteiger partial charge < -0.3 is 10.3 Å². The van der Waals surface area contributed by atoms with E-state index in [1.807, 2.05) is 12.3 Å². The number of H-pyrrole nitrogens is 1. The van der Waals surface area contributed by atoms with Gasteiger partial charge in [0, 0.05) is 18.7 Å². The fourth-order valence-electron chi connectivity index (χ4n) is 3.32. The second kappa shape index (κ2) is 4.28. The summed E-state index contributed by atoms with van der Waals surface area (Å²) in [4.78, 5) is 7.52. The van der Waals surface area contributed by atoms with Crippen LogP contribution in [0, 0.1) is 11.8 Å². The van der Waals surface area contributed by atoms with Crippen molar-refractivity contribution in [1.82, 2.24) is 29.9 Å². The summed E-state index contributed by atoms with van der Waals surface area (Å²) in [7, 11) is 0. The second-order valence-electron chi connectivity index (χ2n) is 5.89. The lowest BCUT2D eigenvalue weighted by Crippen LogP contribution is -2.19. The molecule has 3 aromatic heterocycles. The van der Waals surface area contributed by atoms with Crippen LogP contribution in [0.4, 0.5) is 0 Å². The minimum absolute atomic E-state index is 0.408. The minimum atomic E-state index is 0.408. The standard InChI is InChI=1S/C14H18N6/c1-8(2)9-5-15-6-10(9)14-19-18-12-7-17-13-11(20(12)14)3-4-16-13/h3-4,7-10,15-16H,5-6H2,1-2H3/t9-,10-/m0/s1. The van der Waals surface area contributed by atoms with Gasteiger partial charge in [0.15, 0.2) is 11.3 Å². The summed E-state index contributed by atoms with van der Waals surface area (Å²) in [5.74, 6) is 2.69. The molecule has 0 spiro atoms. The molecule has 6 nitrogen and oxygen atoms in total.